The van der Waals surface area contributed by atoms with Crippen molar-refractivity contribution in [1.29, 1.82) is 0 Å². The van der Waals surface area contributed by atoms with E-state index in [0.29, 0.717) is 34.5 Å². The van der Waals surface area contributed by atoms with E-state index < -0.39 is 6.10 Å². The summed E-state index contributed by atoms with van der Waals surface area (Å²) in [6.07, 6.45) is -1.67. The van der Waals surface area contributed by atoms with Gasteiger partial charge in [-0.25, -0.2) is 4.98 Å². The van der Waals surface area contributed by atoms with Gasteiger partial charge in [0.05, 0.1) is 29.4 Å². The smallest absolute Gasteiger partial charge is 0.296 e. The average molecular weight is 521 g/mol. The van der Waals surface area contributed by atoms with Crippen molar-refractivity contribution in [3.05, 3.63) is 59.6 Å². The number of pyridine rings is 1. The minimum absolute atomic E-state index is 0.246. The van der Waals surface area contributed by atoms with Gasteiger partial charge in [-0.05, 0) is 43.2 Å². The molecule has 9 heteroatoms. The highest BCUT2D eigenvalue weighted by Gasteiger charge is 2.48. The summed E-state index contributed by atoms with van der Waals surface area (Å²) >= 11 is 6.61. The molecule has 0 radical (unpaired) electrons. The molecule has 2 aromatic carbocycles. The molecule has 6 rings (SSSR count). The first kappa shape index (κ1) is 24.2. The van der Waals surface area contributed by atoms with E-state index in [4.69, 9.17) is 30.8 Å². The van der Waals surface area contributed by atoms with Crippen LogP contribution in [-0.4, -0.2) is 70.8 Å². The monoisotopic (exact) mass is 520 g/mol. The van der Waals surface area contributed by atoms with Crippen LogP contribution in [0, 0.1) is 0 Å². The van der Waals surface area contributed by atoms with Gasteiger partial charge in [0.1, 0.15) is 18.3 Å². The Balaban J connectivity index is 1.21. The van der Waals surface area contributed by atoms with Gasteiger partial charge in [-0.1, -0.05) is 48.0 Å². The number of ether oxygens (including phenoxy) is 3. The van der Waals surface area contributed by atoms with E-state index in [9.17, 15) is 5.11 Å². The molecule has 2 saturated heterocycles. The Morgan fingerprint density at radius 3 is 2.30 bits per heavy atom. The number of aromatic amines is 1. The summed E-state index contributed by atoms with van der Waals surface area (Å²) in [7, 11) is 0. The van der Waals surface area contributed by atoms with Crippen molar-refractivity contribution in [2.45, 2.75) is 38.3 Å². The highest BCUT2D eigenvalue weighted by Crippen LogP contribution is 2.33. The number of aromatic nitrogens is 3. The van der Waals surface area contributed by atoms with Gasteiger partial charge >= 0.3 is 0 Å². The molecule has 0 unspecified atom stereocenters. The number of nitrogens with one attached hydrogen (secondary N) is 1. The maximum atomic E-state index is 9.94. The summed E-state index contributed by atoms with van der Waals surface area (Å²) in [6, 6.07) is 19.0. The number of imidazole rings is 1. The fraction of sp³-hybridized carbons (Fsp3) is 0.357. The lowest BCUT2D eigenvalue weighted by atomic mass is 10.0. The second-order valence-corrected chi connectivity index (χ2v) is 9.76. The molecule has 4 atom stereocenters. The number of hydrogen-bond donors (Lipinski definition) is 2. The summed E-state index contributed by atoms with van der Waals surface area (Å²) in [5.41, 5.74) is 6.25. The number of fused-ring (bicyclic) bond motifs is 2. The Kier molecular flexibility index (Phi) is 6.50. The summed E-state index contributed by atoms with van der Waals surface area (Å²) < 4.78 is 17.3. The first-order chi connectivity index (χ1) is 18.0. The summed E-state index contributed by atoms with van der Waals surface area (Å²) in [5, 5.41) is 10.5. The second-order valence-electron chi connectivity index (χ2n) is 9.35. The average Bonchev–Trinajstić information content (AvgIpc) is 3.61. The second kappa shape index (κ2) is 9.95. The number of aliphatic hydroxyl groups excluding tert-OH is 1. The summed E-state index contributed by atoms with van der Waals surface area (Å²) in [4.78, 5) is 14.7. The largest absolute Gasteiger partial charge is 0.456 e. The van der Waals surface area contributed by atoms with Crippen LogP contribution in [0.25, 0.3) is 33.5 Å². The van der Waals surface area contributed by atoms with Crippen LogP contribution in [0.4, 0.5) is 5.69 Å². The summed E-state index contributed by atoms with van der Waals surface area (Å²) in [5.74, 6) is 0. The molecule has 0 saturated carbocycles. The maximum absolute atomic E-state index is 9.94. The van der Waals surface area contributed by atoms with Gasteiger partial charge in [0.2, 0.25) is 0 Å². The van der Waals surface area contributed by atoms with E-state index in [2.05, 4.69) is 65.1 Å². The fourth-order valence-corrected chi connectivity index (χ4v) is 5.38. The Labute approximate surface area is 220 Å². The normalized spacial score (nSPS) is 22.9. The van der Waals surface area contributed by atoms with Crippen molar-refractivity contribution in [2.75, 3.05) is 31.2 Å². The highest BCUT2D eigenvalue weighted by atomic mass is 35.5. The first-order valence-corrected chi connectivity index (χ1v) is 13.0. The third-order valence-electron chi connectivity index (χ3n) is 7.14. The SMILES string of the molecule is CCN(CC)c1ccc(-c2ccc(-c3nc4nc(O[C@@H]5CO[C@H]6[C@@H]5OC[C@H]6O)[nH]c4cc3Cl)cc2)cc1. The molecule has 8 nitrogen and oxygen atoms in total. The lowest BCUT2D eigenvalue weighted by Gasteiger charge is -2.21. The van der Waals surface area contributed by atoms with Crippen LogP contribution >= 0.6 is 11.6 Å². The molecular weight excluding hydrogens is 492 g/mol. The zero-order chi connectivity index (χ0) is 25.5. The van der Waals surface area contributed by atoms with Crippen molar-refractivity contribution < 1.29 is 19.3 Å². The van der Waals surface area contributed by atoms with Crippen molar-refractivity contribution in [2.24, 2.45) is 0 Å². The number of rotatable bonds is 7. The number of H-pyrrole nitrogens is 1. The van der Waals surface area contributed by atoms with Crippen LogP contribution in [-0.2, 0) is 9.47 Å². The van der Waals surface area contributed by atoms with E-state index in [1.807, 2.05) is 18.2 Å². The number of anilines is 1. The Morgan fingerprint density at radius 2 is 1.59 bits per heavy atom. The van der Waals surface area contributed by atoms with E-state index in [0.717, 1.165) is 29.8 Å². The third kappa shape index (κ3) is 4.55. The topological polar surface area (TPSA) is 92.7 Å². The molecule has 2 aliphatic heterocycles. The quantitative estimate of drug-likeness (QED) is 0.365. The van der Waals surface area contributed by atoms with Crippen LogP contribution in [0.5, 0.6) is 6.01 Å². The zero-order valence-corrected chi connectivity index (χ0v) is 21.5. The number of benzene rings is 2. The first-order valence-electron chi connectivity index (χ1n) is 12.6. The molecule has 37 heavy (non-hydrogen) atoms. The van der Waals surface area contributed by atoms with Gasteiger partial charge in [-0.3, -0.25) is 0 Å². The molecule has 2 aromatic heterocycles. The van der Waals surface area contributed by atoms with Crippen LogP contribution in [0.1, 0.15) is 13.8 Å². The van der Waals surface area contributed by atoms with Gasteiger partial charge in [0.25, 0.3) is 6.01 Å². The van der Waals surface area contributed by atoms with Crippen molar-refractivity contribution in [3.63, 3.8) is 0 Å². The third-order valence-corrected chi connectivity index (χ3v) is 7.43. The van der Waals surface area contributed by atoms with E-state index in [1.54, 1.807) is 0 Å². The molecule has 4 aromatic rings. The van der Waals surface area contributed by atoms with E-state index in [-0.39, 0.29) is 24.9 Å². The predicted octanol–water partition coefficient (Wildman–Crippen LogP) is 4.70. The molecular formula is C28H29ClN4O4. The van der Waals surface area contributed by atoms with Gasteiger partial charge in [0, 0.05) is 24.3 Å². The maximum Gasteiger partial charge on any atom is 0.296 e. The number of hydrogen-bond acceptors (Lipinski definition) is 7. The van der Waals surface area contributed by atoms with Crippen molar-refractivity contribution >= 4 is 28.5 Å². The van der Waals surface area contributed by atoms with Crippen LogP contribution in [0.15, 0.2) is 54.6 Å². The van der Waals surface area contributed by atoms with Crippen LogP contribution < -0.4 is 9.64 Å². The van der Waals surface area contributed by atoms with Crippen molar-refractivity contribution in [3.8, 4) is 28.4 Å². The standard InChI is InChI=1S/C28H29ClN4O4/c1-3-33(4-2)19-11-9-17(10-12-19)16-5-7-18(8-6-16)24-20(29)13-21-27(31-24)32-28(30-21)37-23-15-36-25-22(34)14-35-26(23)25/h5-13,22-23,25-26,34H,3-4,14-15H2,1-2H3,(H,30,31,32)/t22-,23-,25-,26-/m1/s1. The molecule has 192 valence electrons. The van der Waals surface area contributed by atoms with Gasteiger partial charge in [-0.2, -0.15) is 4.98 Å². The Hall–Kier alpha value is -3.17. The zero-order valence-electron chi connectivity index (χ0n) is 20.7. The Morgan fingerprint density at radius 1 is 0.946 bits per heavy atom. The van der Waals surface area contributed by atoms with Gasteiger partial charge < -0.3 is 29.2 Å². The highest BCUT2D eigenvalue weighted by molar-refractivity contribution is 6.33. The minimum atomic E-state index is -0.629. The van der Waals surface area contributed by atoms with Gasteiger partial charge in [-0.15, -0.1) is 0 Å². The van der Waals surface area contributed by atoms with E-state index >= 15 is 0 Å². The molecule has 0 aliphatic carbocycles. The number of aliphatic hydroxyl groups is 1. The molecule has 2 aliphatic rings. The molecule has 2 fully saturated rings. The molecule has 2 N–H and O–H groups in total. The lowest BCUT2D eigenvalue weighted by Crippen LogP contribution is -2.34. The van der Waals surface area contributed by atoms with Crippen LogP contribution in [0.2, 0.25) is 5.02 Å². The molecule has 0 bridgehead atoms. The Bertz CT molecular complexity index is 1390. The van der Waals surface area contributed by atoms with Crippen molar-refractivity contribution in [1.82, 2.24) is 15.0 Å². The predicted molar refractivity (Wildman–Crippen MR) is 143 cm³/mol. The molecule has 4 heterocycles. The minimum Gasteiger partial charge on any atom is -0.456 e. The van der Waals surface area contributed by atoms with Crippen LogP contribution in [0.3, 0.4) is 0 Å². The van der Waals surface area contributed by atoms with Gasteiger partial charge in [0.15, 0.2) is 11.8 Å². The van der Waals surface area contributed by atoms with E-state index in [1.165, 1.54) is 5.69 Å². The summed E-state index contributed by atoms with van der Waals surface area (Å²) in [6.45, 7) is 6.88. The molecule has 0 spiro atoms. The lowest BCUT2D eigenvalue weighted by molar-refractivity contribution is 0.00706. The number of halogens is 1. The number of nitrogens with zero attached hydrogens (tertiary/aromatic N) is 3. The molecule has 0 amide bonds. The fourth-order valence-electron chi connectivity index (χ4n) is 5.12.